The zero-order valence-corrected chi connectivity index (χ0v) is 56.0. The van der Waals surface area contributed by atoms with Gasteiger partial charge in [0.15, 0.2) is 15.1 Å². The van der Waals surface area contributed by atoms with Crippen LogP contribution in [0.5, 0.6) is 17.6 Å². The van der Waals surface area contributed by atoms with E-state index in [4.69, 9.17) is 30.2 Å². The number of aryl methyl sites for hydroxylation is 6. The maximum absolute atomic E-state index is 12.8. The minimum absolute atomic E-state index is 0.106. The van der Waals surface area contributed by atoms with Gasteiger partial charge in [-0.25, -0.2) is 56.4 Å². The van der Waals surface area contributed by atoms with Crippen LogP contribution < -0.4 is 40.3 Å². The molecular formula is C68H77N15O11S3. The van der Waals surface area contributed by atoms with Crippen LogP contribution in [0.15, 0.2) is 148 Å². The summed E-state index contributed by atoms with van der Waals surface area (Å²) < 4.78 is 94.9. The summed E-state index contributed by atoms with van der Waals surface area (Å²) in [6.45, 7) is 3.39. The number of rotatable bonds is 19. The molecule has 13 rings (SSSR count). The van der Waals surface area contributed by atoms with Crippen molar-refractivity contribution in [3.63, 3.8) is 0 Å². The zero-order valence-electron chi connectivity index (χ0n) is 53.5. The highest BCUT2D eigenvalue weighted by molar-refractivity contribution is 7.90. The van der Waals surface area contributed by atoms with Gasteiger partial charge in [0.2, 0.25) is 23.7 Å². The molecule has 0 fully saturated rings. The van der Waals surface area contributed by atoms with Crippen molar-refractivity contribution in [3.8, 4) is 51.0 Å². The minimum Gasteiger partial charge on any atom is -0.478 e. The van der Waals surface area contributed by atoms with Crippen molar-refractivity contribution < 1.29 is 49.1 Å². The maximum atomic E-state index is 12.8. The number of sulfonamides is 3. The molecule has 26 nitrogen and oxygen atoms in total. The summed E-state index contributed by atoms with van der Waals surface area (Å²) in [6, 6.07) is 27.1. The van der Waals surface area contributed by atoms with Crippen LogP contribution in [0.2, 0.25) is 0 Å². The predicted molar refractivity (Wildman–Crippen MR) is 364 cm³/mol. The molecule has 0 saturated heterocycles. The van der Waals surface area contributed by atoms with Crippen molar-refractivity contribution in [3.05, 3.63) is 162 Å². The number of carbonyl (C=O) groups is 1. The van der Waals surface area contributed by atoms with E-state index in [0.717, 1.165) is 165 Å². The summed E-state index contributed by atoms with van der Waals surface area (Å²) in [4.78, 5) is 40.8. The zero-order chi connectivity index (χ0) is 67.9. The normalized spacial score (nSPS) is 14.8. The number of hydrogen-bond donors (Lipinski definition) is 5. The lowest BCUT2D eigenvalue weighted by molar-refractivity contribution is 0.256. The predicted octanol–water partition coefficient (Wildman–Crippen LogP) is 9.72. The van der Waals surface area contributed by atoms with Crippen molar-refractivity contribution in [2.24, 2.45) is 15.3 Å². The summed E-state index contributed by atoms with van der Waals surface area (Å²) in [5.74, 6) is 1.62. The van der Waals surface area contributed by atoms with Crippen LogP contribution in [0, 0.1) is 0 Å². The number of nitrogens with two attached hydrogens (primary N) is 3. The summed E-state index contributed by atoms with van der Waals surface area (Å²) >= 11 is 0. The van der Waals surface area contributed by atoms with E-state index in [-0.39, 0.29) is 15.1 Å². The van der Waals surface area contributed by atoms with Gasteiger partial charge in [0.1, 0.15) is 0 Å². The average Bonchev–Trinajstić information content (AvgIpc) is 1.76. The number of nitrogens with one attached hydrogen (secondary N) is 2. The number of nitrogens with zero attached hydrogens (tertiary/aromatic N) is 10. The molecular weight excluding hydrogens is 1300 g/mol. The Hall–Kier alpha value is -9.64. The first-order chi connectivity index (χ1) is 46.9. The molecule has 3 aromatic carbocycles. The Labute approximate surface area is 563 Å². The highest BCUT2D eigenvalue weighted by atomic mass is 32.2. The van der Waals surface area contributed by atoms with Crippen LogP contribution in [-0.2, 0) is 93.0 Å². The molecule has 0 atom stereocenters. The number of amides is 2. The number of aromatic nitrogens is 9. The van der Waals surface area contributed by atoms with Crippen molar-refractivity contribution in [1.29, 1.82) is 0 Å². The number of unbranched alkanes of at least 4 members (excludes halogenated alkanes) is 4. The van der Waals surface area contributed by atoms with Crippen molar-refractivity contribution in [2.75, 3.05) is 30.9 Å². The molecule has 0 spiro atoms. The molecule has 508 valence electrons. The lowest BCUT2D eigenvalue weighted by atomic mass is 9.98. The van der Waals surface area contributed by atoms with Crippen molar-refractivity contribution in [2.45, 2.75) is 150 Å². The third-order valence-electron chi connectivity index (χ3n) is 17.2. The second-order valence-electron chi connectivity index (χ2n) is 23.9. The van der Waals surface area contributed by atoms with Crippen LogP contribution in [0.3, 0.4) is 0 Å². The summed E-state index contributed by atoms with van der Waals surface area (Å²) in [7, 11) is -11.6. The Kier molecular flexibility index (Phi) is 22.3. The average molecular weight is 1380 g/mol. The van der Waals surface area contributed by atoms with Gasteiger partial charge in [-0.05, 0) is 202 Å². The topological polar surface area (TPSA) is 371 Å². The number of urea groups is 1. The SMILES string of the molecule is NS(=O)(=O)c1ccn(CCCCCOc2cc(-c3ccc4c(c3N=C=O)CCC4)ccn2)n1.Nc1c(-c2ccnc(OCCCCCn3ccc(S(N)(=O)=O)n3)c2)ccc2c1CCC2.O=C1Nc2c(ccc3c2CCC3)-c2ccnc(c2)OCCCCCn2ccc(n2)S(=O)(=O)N1. The Bertz CT molecular complexity index is 4700. The second-order valence-corrected chi connectivity index (χ2v) is 28.6. The summed E-state index contributed by atoms with van der Waals surface area (Å²) in [6.07, 6.45) is 28.4. The third-order valence-corrected chi connectivity index (χ3v) is 20.0. The van der Waals surface area contributed by atoms with E-state index >= 15 is 0 Å². The molecule has 9 aromatic rings. The molecule has 1 aliphatic heterocycles. The standard InChI is InChI=1S/2C23H25N5O4S.C22H27N5O3S/c29-23-25-22-18-6-4-5-16(18)7-8-19(22)17-9-11-24-20(15-17)32-14-3-1-2-12-28-13-10-21(26-28)33(30,31)27-23;24-33(30,31)22-10-13-28(27-22)12-2-1-3-14-32-21-15-18(9-11-25-21)20-8-7-17-5-4-6-19(17)23(20)26-16-29;23-22-18-6-4-5-16(18)7-8-19(22)17-9-11-25-20(15-17)30-14-3-1-2-12-27-13-10-21(26-27)31(24,28)29/h7-11,13,15H,1-6,12,14H2,(H2,25,27,29);7-11,13,15H,1-6,12,14H2,(H2,24,30,31);7-11,13,15H,1-6,12,14,23H2,(H2,24,28,29). The number of hydrogen-bond acceptors (Lipinski definition) is 19. The van der Waals surface area contributed by atoms with Crippen LogP contribution in [0.4, 0.5) is 21.9 Å². The number of primary sulfonamides is 2. The first kappa shape index (κ1) is 68.7. The Morgan fingerprint density at radius 2 is 1.12 bits per heavy atom. The maximum Gasteiger partial charge on any atom is 0.333 e. The summed E-state index contributed by atoms with van der Waals surface area (Å²) in [5.41, 5.74) is 21.3. The monoisotopic (exact) mass is 1380 g/mol. The largest absolute Gasteiger partial charge is 0.478 e. The van der Waals surface area contributed by atoms with Gasteiger partial charge in [0, 0.05) is 97.4 Å². The van der Waals surface area contributed by atoms with E-state index < -0.39 is 36.1 Å². The molecule has 97 heavy (non-hydrogen) atoms. The fourth-order valence-corrected chi connectivity index (χ4v) is 14.2. The van der Waals surface area contributed by atoms with Gasteiger partial charge in [-0.2, -0.15) is 28.7 Å². The lowest BCUT2D eigenvalue weighted by Crippen LogP contribution is -2.35. The molecule has 29 heteroatoms. The fraction of sp³-hybridized carbons (Fsp3) is 0.353. The van der Waals surface area contributed by atoms with Gasteiger partial charge >= 0.3 is 6.03 Å². The molecule has 3 aliphatic carbocycles. The number of fused-ring (bicyclic) bond motifs is 10. The smallest absolute Gasteiger partial charge is 0.333 e. The van der Waals surface area contributed by atoms with E-state index in [1.807, 2.05) is 48.5 Å². The number of pyridine rings is 3. The van der Waals surface area contributed by atoms with Gasteiger partial charge in [-0.15, -0.1) is 0 Å². The second kappa shape index (κ2) is 31.5. The molecule has 8 N–H and O–H groups in total. The highest BCUT2D eigenvalue weighted by Crippen LogP contribution is 2.41. The number of isocyanates is 1. The summed E-state index contributed by atoms with van der Waals surface area (Å²) in [5, 5.41) is 24.6. The number of ether oxygens (including phenoxy) is 3. The third kappa shape index (κ3) is 17.9. The van der Waals surface area contributed by atoms with Crippen LogP contribution in [0.1, 0.15) is 110 Å². The van der Waals surface area contributed by atoms with Crippen molar-refractivity contribution >= 4 is 59.2 Å². The van der Waals surface area contributed by atoms with Crippen LogP contribution in [0.25, 0.3) is 33.4 Å². The van der Waals surface area contributed by atoms with E-state index in [1.165, 1.54) is 41.3 Å². The van der Waals surface area contributed by atoms with Gasteiger partial charge in [0.25, 0.3) is 30.1 Å². The first-order valence-electron chi connectivity index (χ1n) is 32.4. The fourth-order valence-electron chi connectivity index (χ4n) is 12.4. The Morgan fingerprint density at radius 3 is 1.73 bits per heavy atom. The Morgan fingerprint density at radius 1 is 0.577 bits per heavy atom. The Balaban J connectivity index is 0.000000148. The molecule has 0 unspecified atom stereocenters. The number of carbonyl (C=O) groups excluding carboxylic acids is 2. The van der Waals surface area contributed by atoms with Gasteiger partial charge in [-0.1, -0.05) is 36.4 Å². The lowest BCUT2D eigenvalue weighted by Gasteiger charge is -2.17. The first-order valence-corrected chi connectivity index (χ1v) is 37.0. The number of benzene rings is 3. The van der Waals surface area contributed by atoms with Gasteiger partial charge in [0.05, 0.1) is 31.2 Å². The van der Waals surface area contributed by atoms with Crippen LogP contribution in [-0.4, -0.2) is 101 Å². The molecule has 4 aliphatic rings. The van der Waals surface area contributed by atoms with Gasteiger partial charge < -0.3 is 25.3 Å². The molecule has 0 saturated carbocycles. The highest BCUT2D eigenvalue weighted by Gasteiger charge is 2.26. The molecule has 0 radical (unpaired) electrons. The minimum atomic E-state index is -4.10. The number of anilines is 2. The van der Waals surface area contributed by atoms with Crippen molar-refractivity contribution in [1.82, 2.24) is 49.0 Å². The number of aliphatic imine (C=N–C) groups is 1. The van der Waals surface area contributed by atoms with E-state index in [0.29, 0.717) is 68.5 Å². The number of nitrogen functional groups attached to an aromatic ring is 1. The van der Waals surface area contributed by atoms with E-state index in [2.05, 4.69) is 69.5 Å². The van der Waals surface area contributed by atoms with E-state index in [9.17, 15) is 34.8 Å². The molecule has 4 bridgehead atoms. The molecule has 2 amide bonds. The van der Waals surface area contributed by atoms with Gasteiger partial charge in [-0.3, -0.25) is 14.0 Å². The molecule has 7 heterocycles. The van der Waals surface area contributed by atoms with E-state index in [1.54, 1.807) is 57.3 Å². The quantitative estimate of drug-likeness (QED) is 0.0217. The van der Waals surface area contributed by atoms with Crippen LogP contribution >= 0.6 is 0 Å². The molecule has 6 aromatic heterocycles.